The van der Waals surface area contributed by atoms with Crippen molar-refractivity contribution >= 4 is 23.2 Å². The number of hydrogen-bond donors (Lipinski definition) is 1. The molecule has 192 valence electrons. The number of fused-ring (bicyclic) bond motifs is 1. The van der Waals surface area contributed by atoms with Gasteiger partial charge in [-0.2, -0.15) is 0 Å². The number of halogens is 1. The number of amides is 1. The molecule has 0 bridgehead atoms. The first-order valence-electron chi connectivity index (χ1n) is 13.6. The van der Waals surface area contributed by atoms with Crippen LogP contribution in [0, 0.1) is 5.92 Å². The smallest absolute Gasteiger partial charge is 0.270 e. The third kappa shape index (κ3) is 5.60. The normalized spacial score (nSPS) is 18.9. The van der Waals surface area contributed by atoms with E-state index in [2.05, 4.69) is 71.8 Å². The van der Waals surface area contributed by atoms with Crippen molar-refractivity contribution in [1.29, 1.82) is 0 Å². The van der Waals surface area contributed by atoms with Crippen LogP contribution in [0.4, 0.5) is 0 Å². The Hall–Kier alpha value is -3.11. The quantitative estimate of drug-likeness (QED) is 0.255. The minimum absolute atomic E-state index is 0.129. The number of carbonyl (C=O) groups is 1. The zero-order chi connectivity index (χ0) is 25.8. The summed E-state index contributed by atoms with van der Waals surface area (Å²) in [6.45, 7) is 4.86. The number of carbonyl (C=O) groups excluding carboxylic acids is 1. The highest BCUT2D eigenvalue weighted by Crippen LogP contribution is 2.40. The van der Waals surface area contributed by atoms with Gasteiger partial charge >= 0.3 is 0 Å². The maximum Gasteiger partial charge on any atom is 0.270 e. The fraction of sp³-hybridized carbons (Fsp3) is 0.375. The van der Waals surface area contributed by atoms with Gasteiger partial charge in [-0.15, -0.1) is 0 Å². The lowest BCUT2D eigenvalue weighted by Gasteiger charge is -2.23. The van der Waals surface area contributed by atoms with E-state index >= 15 is 0 Å². The number of nitrogens with zero attached hydrogens (tertiary/aromatic N) is 2. The van der Waals surface area contributed by atoms with E-state index in [1.54, 1.807) is 10.5 Å². The summed E-state index contributed by atoms with van der Waals surface area (Å²) in [7, 11) is 0. The Labute approximate surface area is 225 Å². The highest BCUT2D eigenvalue weighted by molar-refractivity contribution is 6.33. The van der Waals surface area contributed by atoms with Crippen LogP contribution in [0.15, 0.2) is 72.9 Å². The number of imidazole rings is 1. The van der Waals surface area contributed by atoms with Crippen LogP contribution >= 0.6 is 11.6 Å². The van der Waals surface area contributed by atoms with Crippen LogP contribution in [0.2, 0.25) is 5.02 Å². The second-order valence-corrected chi connectivity index (χ2v) is 10.8. The molecule has 1 N–H and O–H groups in total. The topological polar surface area (TPSA) is 46.4 Å². The van der Waals surface area contributed by atoms with Crippen LogP contribution in [0.5, 0.6) is 0 Å². The summed E-state index contributed by atoms with van der Waals surface area (Å²) >= 11 is 6.30. The molecule has 5 rings (SSSR count). The summed E-state index contributed by atoms with van der Waals surface area (Å²) in [5, 5.41) is 3.63. The Morgan fingerprint density at radius 3 is 2.57 bits per heavy atom. The van der Waals surface area contributed by atoms with E-state index in [9.17, 15) is 4.79 Å². The third-order valence-electron chi connectivity index (χ3n) is 8.17. The zero-order valence-corrected chi connectivity index (χ0v) is 22.5. The Balaban J connectivity index is 1.20. The van der Waals surface area contributed by atoms with Gasteiger partial charge in [0.25, 0.3) is 5.91 Å². The van der Waals surface area contributed by atoms with Crippen molar-refractivity contribution in [2.45, 2.75) is 70.8 Å². The lowest BCUT2D eigenvalue weighted by Crippen LogP contribution is -2.25. The van der Waals surface area contributed by atoms with Crippen molar-refractivity contribution in [1.82, 2.24) is 14.7 Å². The van der Waals surface area contributed by atoms with Crippen LogP contribution in [0.1, 0.15) is 90.7 Å². The molecule has 3 unspecified atom stereocenters. The second kappa shape index (κ2) is 11.5. The van der Waals surface area contributed by atoms with Gasteiger partial charge in [0.05, 0.1) is 10.7 Å². The molecular weight excluding hydrogens is 478 g/mol. The van der Waals surface area contributed by atoms with Gasteiger partial charge < -0.3 is 5.32 Å². The molecule has 3 atom stereocenters. The molecule has 2 heterocycles. The van der Waals surface area contributed by atoms with Gasteiger partial charge in [-0.3, -0.25) is 9.20 Å². The van der Waals surface area contributed by atoms with Crippen molar-refractivity contribution < 1.29 is 4.79 Å². The molecule has 0 saturated heterocycles. The van der Waals surface area contributed by atoms with E-state index in [0.717, 1.165) is 11.3 Å². The summed E-state index contributed by atoms with van der Waals surface area (Å²) in [4.78, 5) is 17.7. The maximum absolute atomic E-state index is 13.1. The molecule has 1 saturated carbocycles. The molecule has 0 spiro atoms. The fourth-order valence-corrected chi connectivity index (χ4v) is 6.14. The first kappa shape index (κ1) is 25.5. The number of nitrogens with one attached hydrogen (secondary N) is 1. The summed E-state index contributed by atoms with van der Waals surface area (Å²) in [6.07, 6.45) is 8.95. The molecule has 37 heavy (non-hydrogen) atoms. The number of aromatic nitrogens is 2. The van der Waals surface area contributed by atoms with Crippen molar-refractivity contribution in [3.05, 3.63) is 106 Å². The summed E-state index contributed by atoms with van der Waals surface area (Å²) in [5.41, 5.74) is 5.93. The van der Waals surface area contributed by atoms with Crippen LogP contribution in [0.3, 0.4) is 0 Å². The van der Waals surface area contributed by atoms with Crippen LogP contribution in [-0.2, 0) is 13.0 Å². The SMILES string of the molecule is CCc1nc2c(Cl)cccn2c1C(=O)NCc1ccc(C(C)C2CCCC(c3ccccc3)CC2)cc1. The van der Waals surface area contributed by atoms with Crippen molar-refractivity contribution in [3.63, 3.8) is 0 Å². The van der Waals surface area contributed by atoms with E-state index < -0.39 is 0 Å². The Morgan fingerprint density at radius 2 is 1.81 bits per heavy atom. The molecule has 0 radical (unpaired) electrons. The number of hydrogen-bond acceptors (Lipinski definition) is 2. The average Bonchev–Trinajstić information content (AvgIpc) is 3.15. The number of aryl methyl sites for hydroxylation is 1. The number of pyridine rings is 1. The predicted octanol–water partition coefficient (Wildman–Crippen LogP) is 7.95. The highest BCUT2D eigenvalue weighted by atomic mass is 35.5. The Kier molecular flexibility index (Phi) is 7.95. The Morgan fingerprint density at radius 1 is 1.03 bits per heavy atom. The molecule has 4 aromatic rings. The third-order valence-corrected chi connectivity index (χ3v) is 8.47. The minimum atomic E-state index is -0.129. The van der Waals surface area contributed by atoms with E-state index in [1.807, 2.05) is 19.2 Å². The van der Waals surface area contributed by atoms with Gasteiger partial charge in [0.2, 0.25) is 0 Å². The van der Waals surface area contributed by atoms with Gasteiger partial charge in [-0.05, 0) is 78.7 Å². The number of rotatable bonds is 7. The minimum Gasteiger partial charge on any atom is -0.347 e. The largest absolute Gasteiger partial charge is 0.347 e. The van der Waals surface area contributed by atoms with E-state index in [1.165, 1.54) is 43.2 Å². The summed E-state index contributed by atoms with van der Waals surface area (Å²) in [6, 6.07) is 23.5. The molecule has 1 aliphatic rings. The van der Waals surface area contributed by atoms with Crippen molar-refractivity contribution in [2.24, 2.45) is 5.92 Å². The number of benzene rings is 2. The molecule has 1 fully saturated rings. The van der Waals surface area contributed by atoms with E-state index in [4.69, 9.17) is 11.6 Å². The van der Waals surface area contributed by atoms with Gasteiger partial charge in [0, 0.05) is 12.7 Å². The lowest BCUT2D eigenvalue weighted by molar-refractivity contribution is 0.0944. The molecule has 1 amide bonds. The standard InChI is InChI=1S/C32H36ClN3O/c1-3-29-30(36-20-8-13-28(33)31(36)35-29)32(37)34-21-23-14-16-25(17-15-23)22(2)24-11-7-12-27(19-18-24)26-9-5-4-6-10-26/h4-6,8-10,13-17,20,22,24,27H,3,7,11-12,18-19,21H2,1-2H3,(H,34,37). The van der Waals surface area contributed by atoms with Gasteiger partial charge in [-0.25, -0.2) is 4.98 Å². The molecule has 2 aromatic carbocycles. The zero-order valence-electron chi connectivity index (χ0n) is 21.8. The molecule has 0 aliphatic heterocycles. The molecule has 2 aromatic heterocycles. The van der Waals surface area contributed by atoms with Crippen molar-refractivity contribution in [2.75, 3.05) is 0 Å². The van der Waals surface area contributed by atoms with Crippen LogP contribution < -0.4 is 5.32 Å². The molecule has 1 aliphatic carbocycles. The first-order chi connectivity index (χ1) is 18.0. The highest BCUT2D eigenvalue weighted by Gasteiger charge is 2.25. The molecule has 4 nitrogen and oxygen atoms in total. The monoisotopic (exact) mass is 513 g/mol. The maximum atomic E-state index is 13.1. The van der Waals surface area contributed by atoms with Gasteiger partial charge in [-0.1, -0.05) is 86.5 Å². The van der Waals surface area contributed by atoms with Crippen LogP contribution in [0.25, 0.3) is 5.65 Å². The van der Waals surface area contributed by atoms with Crippen molar-refractivity contribution in [3.8, 4) is 0 Å². The first-order valence-corrected chi connectivity index (χ1v) is 14.0. The lowest BCUT2D eigenvalue weighted by atomic mass is 9.82. The summed E-state index contributed by atoms with van der Waals surface area (Å²) < 4.78 is 1.79. The van der Waals surface area contributed by atoms with Crippen LogP contribution in [-0.4, -0.2) is 15.3 Å². The Bertz CT molecular complexity index is 1350. The second-order valence-electron chi connectivity index (χ2n) is 10.4. The van der Waals surface area contributed by atoms with Gasteiger partial charge in [0.15, 0.2) is 5.65 Å². The van der Waals surface area contributed by atoms with E-state index in [0.29, 0.717) is 47.1 Å². The molecule has 5 heteroatoms. The fourth-order valence-electron chi connectivity index (χ4n) is 5.93. The predicted molar refractivity (Wildman–Crippen MR) is 151 cm³/mol. The average molecular weight is 514 g/mol. The molecular formula is C32H36ClN3O. The summed E-state index contributed by atoms with van der Waals surface area (Å²) in [5.74, 6) is 1.82. The van der Waals surface area contributed by atoms with Gasteiger partial charge in [0.1, 0.15) is 5.69 Å². The van der Waals surface area contributed by atoms with E-state index in [-0.39, 0.29) is 5.91 Å².